The summed E-state index contributed by atoms with van der Waals surface area (Å²) in [5, 5.41) is 3.25. The molecule has 0 amide bonds. The molecule has 1 aromatic rings. The van der Waals surface area contributed by atoms with Gasteiger partial charge in [-0.1, -0.05) is 6.92 Å². The first-order valence-electron chi connectivity index (χ1n) is 4.59. The van der Waals surface area contributed by atoms with Crippen LogP contribution >= 0.6 is 0 Å². The fraction of sp³-hybridized carbons (Fsp3) is 0.364. The molecule has 0 spiro atoms. The van der Waals surface area contributed by atoms with Crippen molar-refractivity contribution in [2.24, 2.45) is 0 Å². The van der Waals surface area contributed by atoms with Crippen LogP contribution in [-0.2, 0) is 0 Å². The van der Waals surface area contributed by atoms with Crippen molar-refractivity contribution in [1.29, 1.82) is 0 Å². The molecule has 0 heterocycles. The lowest BCUT2D eigenvalue weighted by molar-refractivity contribution is 0.101. The molecule has 2 nitrogen and oxygen atoms in total. The van der Waals surface area contributed by atoms with Gasteiger partial charge in [0, 0.05) is 17.8 Å². The van der Waals surface area contributed by atoms with Crippen molar-refractivity contribution in [2.45, 2.75) is 20.3 Å². The number of hydrogen-bond acceptors (Lipinski definition) is 2. The zero-order valence-electron chi connectivity index (χ0n) is 8.13. The molecule has 0 unspecified atom stereocenters. The highest BCUT2D eigenvalue weighted by atomic mass is 16.1. The lowest BCUT2D eigenvalue weighted by Gasteiger charge is -2.04. The summed E-state index contributed by atoms with van der Waals surface area (Å²) in [5.41, 5.74) is 1.84. The minimum Gasteiger partial charge on any atom is -0.385 e. The molecule has 0 fully saturated rings. The van der Waals surface area contributed by atoms with Gasteiger partial charge in [-0.15, -0.1) is 0 Å². The Morgan fingerprint density at radius 2 is 1.92 bits per heavy atom. The van der Waals surface area contributed by atoms with Crippen molar-refractivity contribution in [3.8, 4) is 0 Å². The quantitative estimate of drug-likeness (QED) is 0.716. The highest BCUT2D eigenvalue weighted by molar-refractivity contribution is 5.94. The minimum absolute atomic E-state index is 0.113. The summed E-state index contributed by atoms with van der Waals surface area (Å²) in [4.78, 5) is 11.0. The van der Waals surface area contributed by atoms with Gasteiger partial charge in [0.2, 0.25) is 0 Å². The van der Waals surface area contributed by atoms with Crippen molar-refractivity contribution in [1.82, 2.24) is 0 Å². The number of anilines is 1. The summed E-state index contributed by atoms with van der Waals surface area (Å²) >= 11 is 0. The van der Waals surface area contributed by atoms with Gasteiger partial charge in [0.05, 0.1) is 0 Å². The van der Waals surface area contributed by atoms with Gasteiger partial charge in [-0.25, -0.2) is 0 Å². The van der Waals surface area contributed by atoms with Crippen molar-refractivity contribution in [3.05, 3.63) is 29.8 Å². The first-order chi connectivity index (χ1) is 6.24. The number of ketones is 1. The van der Waals surface area contributed by atoms with E-state index in [1.165, 1.54) is 0 Å². The summed E-state index contributed by atoms with van der Waals surface area (Å²) in [5.74, 6) is 0.113. The predicted octanol–water partition coefficient (Wildman–Crippen LogP) is 2.71. The molecule has 1 rings (SSSR count). The van der Waals surface area contributed by atoms with E-state index in [4.69, 9.17) is 0 Å². The maximum atomic E-state index is 11.0. The van der Waals surface area contributed by atoms with E-state index in [1.54, 1.807) is 6.92 Å². The van der Waals surface area contributed by atoms with Crippen LogP contribution < -0.4 is 5.32 Å². The molecule has 0 atom stereocenters. The van der Waals surface area contributed by atoms with Gasteiger partial charge in [0.25, 0.3) is 0 Å². The van der Waals surface area contributed by atoms with Crippen LogP contribution in [0.3, 0.4) is 0 Å². The van der Waals surface area contributed by atoms with Crippen LogP contribution in [0.25, 0.3) is 0 Å². The van der Waals surface area contributed by atoms with Crippen molar-refractivity contribution < 1.29 is 4.79 Å². The Morgan fingerprint density at radius 1 is 1.31 bits per heavy atom. The third kappa shape index (κ3) is 2.90. The smallest absolute Gasteiger partial charge is 0.159 e. The number of rotatable bonds is 4. The first kappa shape index (κ1) is 9.78. The van der Waals surface area contributed by atoms with Crippen LogP contribution in [0.2, 0.25) is 0 Å². The SMILES string of the molecule is CCCNc1ccc(C(C)=O)cc1. The Hall–Kier alpha value is -1.31. The molecular formula is C11H15NO. The van der Waals surface area contributed by atoms with Crippen molar-refractivity contribution in [2.75, 3.05) is 11.9 Å². The molecule has 1 aromatic carbocycles. The van der Waals surface area contributed by atoms with Crippen LogP contribution in [0.15, 0.2) is 24.3 Å². The van der Waals surface area contributed by atoms with Crippen LogP contribution in [-0.4, -0.2) is 12.3 Å². The number of hydrogen-bond donors (Lipinski definition) is 1. The van der Waals surface area contributed by atoms with Gasteiger partial charge >= 0.3 is 0 Å². The average Bonchev–Trinajstić information content (AvgIpc) is 2.15. The Kier molecular flexibility index (Phi) is 3.50. The molecule has 1 N–H and O–H groups in total. The maximum Gasteiger partial charge on any atom is 0.159 e. The van der Waals surface area contributed by atoms with Gasteiger partial charge in [-0.05, 0) is 37.6 Å². The van der Waals surface area contributed by atoms with E-state index in [1.807, 2.05) is 24.3 Å². The fourth-order valence-electron chi connectivity index (χ4n) is 1.09. The van der Waals surface area contributed by atoms with Crippen LogP contribution in [0.5, 0.6) is 0 Å². The van der Waals surface area contributed by atoms with E-state index >= 15 is 0 Å². The largest absolute Gasteiger partial charge is 0.385 e. The number of Topliss-reactive ketones (excluding diaryl/α,β-unsaturated/α-hetero) is 1. The van der Waals surface area contributed by atoms with E-state index in [9.17, 15) is 4.79 Å². The minimum atomic E-state index is 0.113. The molecule has 0 saturated heterocycles. The third-order valence-corrected chi connectivity index (χ3v) is 1.87. The third-order valence-electron chi connectivity index (χ3n) is 1.87. The average molecular weight is 177 g/mol. The molecule has 0 aliphatic heterocycles. The zero-order valence-corrected chi connectivity index (χ0v) is 8.13. The van der Waals surface area contributed by atoms with Gasteiger partial charge in [0.1, 0.15) is 0 Å². The summed E-state index contributed by atoms with van der Waals surface area (Å²) in [7, 11) is 0. The van der Waals surface area contributed by atoms with E-state index in [0.717, 1.165) is 24.2 Å². The predicted molar refractivity (Wildman–Crippen MR) is 55.2 cm³/mol. The molecule has 70 valence electrons. The molecule has 0 radical (unpaired) electrons. The van der Waals surface area contributed by atoms with Crippen molar-refractivity contribution in [3.63, 3.8) is 0 Å². The van der Waals surface area contributed by atoms with E-state index in [0.29, 0.717) is 0 Å². The molecule has 0 aliphatic carbocycles. The standard InChI is InChI=1S/C11H15NO/c1-3-8-12-11-6-4-10(5-7-11)9(2)13/h4-7,12H,3,8H2,1-2H3. The molecule has 0 bridgehead atoms. The molecule has 2 heteroatoms. The normalized spacial score (nSPS) is 9.69. The molecule has 13 heavy (non-hydrogen) atoms. The summed E-state index contributed by atoms with van der Waals surface area (Å²) < 4.78 is 0. The van der Waals surface area contributed by atoms with E-state index in [2.05, 4.69) is 12.2 Å². The van der Waals surface area contributed by atoms with Gasteiger partial charge in [0.15, 0.2) is 5.78 Å². The van der Waals surface area contributed by atoms with Gasteiger partial charge in [-0.2, -0.15) is 0 Å². The second-order valence-corrected chi connectivity index (χ2v) is 3.06. The topological polar surface area (TPSA) is 29.1 Å². The first-order valence-corrected chi connectivity index (χ1v) is 4.59. The van der Waals surface area contributed by atoms with E-state index < -0.39 is 0 Å². The second kappa shape index (κ2) is 4.65. The van der Waals surface area contributed by atoms with E-state index in [-0.39, 0.29) is 5.78 Å². The number of benzene rings is 1. The Balaban J connectivity index is 2.64. The second-order valence-electron chi connectivity index (χ2n) is 3.06. The highest BCUT2D eigenvalue weighted by Gasteiger charge is 1.97. The maximum absolute atomic E-state index is 11.0. The molecule has 0 saturated carbocycles. The van der Waals surface area contributed by atoms with Crippen LogP contribution in [0.4, 0.5) is 5.69 Å². The Labute approximate surface area is 79.0 Å². The number of carbonyl (C=O) groups is 1. The lowest BCUT2D eigenvalue weighted by Crippen LogP contribution is -2.00. The van der Waals surface area contributed by atoms with Crippen molar-refractivity contribution >= 4 is 11.5 Å². The van der Waals surface area contributed by atoms with Crippen LogP contribution in [0.1, 0.15) is 30.6 Å². The fourth-order valence-corrected chi connectivity index (χ4v) is 1.09. The number of nitrogens with one attached hydrogen (secondary N) is 1. The van der Waals surface area contributed by atoms with Gasteiger partial charge < -0.3 is 5.32 Å². The lowest BCUT2D eigenvalue weighted by atomic mass is 10.1. The zero-order chi connectivity index (χ0) is 9.68. The monoisotopic (exact) mass is 177 g/mol. The van der Waals surface area contributed by atoms with Gasteiger partial charge in [-0.3, -0.25) is 4.79 Å². The summed E-state index contributed by atoms with van der Waals surface area (Å²) in [6.45, 7) is 4.67. The Morgan fingerprint density at radius 3 is 2.38 bits per heavy atom. The highest BCUT2D eigenvalue weighted by Crippen LogP contribution is 2.09. The molecule has 0 aliphatic rings. The van der Waals surface area contributed by atoms with Crippen LogP contribution in [0, 0.1) is 0 Å². The number of carbonyl (C=O) groups excluding carboxylic acids is 1. The molecule has 0 aromatic heterocycles. The molecular weight excluding hydrogens is 162 g/mol. The Bertz CT molecular complexity index is 277. The summed E-state index contributed by atoms with van der Waals surface area (Å²) in [6.07, 6.45) is 1.11. The summed E-state index contributed by atoms with van der Waals surface area (Å²) in [6, 6.07) is 7.57.